The number of fused-ring (bicyclic) bond motifs is 1. The van der Waals surface area contributed by atoms with Gasteiger partial charge in [-0.2, -0.15) is 0 Å². The summed E-state index contributed by atoms with van der Waals surface area (Å²) in [5, 5.41) is 0. The van der Waals surface area contributed by atoms with Crippen molar-refractivity contribution in [3.8, 4) is 17.2 Å². The monoisotopic (exact) mass is 355 g/mol. The molecule has 0 radical (unpaired) electrons. The van der Waals surface area contributed by atoms with Crippen molar-refractivity contribution in [1.82, 2.24) is 4.90 Å². The summed E-state index contributed by atoms with van der Waals surface area (Å²) in [6.07, 6.45) is -0.165. The van der Waals surface area contributed by atoms with Crippen molar-refractivity contribution in [1.29, 1.82) is 0 Å². The number of carbonyl (C=O) groups is 1. The van der Waals surface area contributed by atoms with Crippen LogP contribution in [-0.2, 0) is 4.74 Å². The van der Waals surface area contributed by atoms with E-state index in [9.17, 15) is 4.79 Å². The fourth-order valence-corrected chi connectivity index (χ4v) is 3.14. The summed E-state index contributed by atoms with van der Waals surface area (Å²) >= 11 is 0. The number of rotatable bonds is 4. The van der Waals surface area contributed by atoms with Crippen LogP contribution < -0.4 is 14.2 Å². The highest BCUT2D eigenvalue weighted by Crippen LogP contribution is 2.35. The lowest BCUT2D eigenvalue weighted by Crippen LogP contribution is -2.47. The molecule has 0 aromatic heterocycles. The Morgan fingerprint density at radius 2 is 2.04 bits per heavy atom. The van der Waals surface area contributed by atoms with E-state index in [-0.39, 0.29) is 18.8 Å². The average Bonchev–Trinajstić information content (AvgIpc) is 3.14. The van der Waals surface area contributed by atoms with E-state index < -0.39 is 0 Å². The van der Waals surface area contributed by atoms with Gasteiger partial charge in [-0.3, -0.25) is 4.79 Å². The zero-order valence-corrected chi connectivity index (χ0v) is 14.6. The summed E-state index contributed by atoms with van der Waals surface area (Å²) in [6.45, 7) is 4.17. The maximum absolute atomic E-state index is 12.8. The molecule has 2 aliphatic heterocycles. The first-order chi connectivity index (χ1) is 12.7. The van der Waals surface area contributed by atoms with Crippen molar-refractivity contribution >= 4 is 5.91 Å². The number of aryl methyl sites for hydroxylation is 1. The van der Waals surface area contributed by atoms with Gasteiger partial charge in [-0.15, -0.1) is 0 Å². The molecule has 0 aliphatic carbocycles. The highest BCUT2D eigenvalue weighted by Gasteiger charge is 2.26. The molecule has 2 heterocycles. The third-order valence-corrected chi connectivity index (χ3v) is 4.58. The quantitative estimate of drug-likeness (QED) is 0.844. The number of ether oxygens (including phenoxy) is 4. The molecule has 2 aliphatic rings. The fraction of sp³-hybridized carbons (Fsp3) is 0.350. The lowest BCUT2D eigenvalue weighted by Gasteiger charge is -2.33. The van der Waals surface area contributed by atoms with Crippen molar-refractivity contribution in [3.05, 3.63) is 53.6 Å². The Morgan fingerprint density at radius 1 is 1.19 bits per heavy atom. The van der Waals surface area contributed by atoms with E-state index in [1.54, 1.807) is 6.07 Å². The fourth-order valence-electron chi connectivity index (χ4n) is 3.14. The maximum Gasteiger partial charge on any atom is 0.254 e. The molecule has 1 saturated heterocycles. The molecule has 1 amide bonds. The Kier molecular flexibility index (Phi) is 4.67. The van der Waals surface area contributed by atoms with Crippen LogP contribution in [0.4, 0.5) is 0 Å². The van der Waals surface area contributed by atoms with Crippen LogP contribution in [0.5, 0.6) is 17.2 Å². The van der Waals surface area contributed by atoms with Gasteiger partial charge in [0.25, 0.3) is 5.91 Å². The molecule has 2 aromatic rings. The van der Waals surface area contributed by atoms with Crippen molar-refractivity contribution in [2.75, 3.05) is 33.1 Å². The van der Waals surface area contributed by atoms with Crippen LogP contribution in [0.15, 0.2) is 42.5 Å². The van der Waals surface area contributed by atoms with Crippen LogP contribution in [0.25, 0.3) is 0 Å². The standard InChI is InChI=1S/C20H21NO5/c1-14-4-2-3-5-17(14)20(22)21-8-9-23-16(11-21)12-24-15-6-7-18-19(10-15)26-13-25-18/h2-7,10,16H,8-9,11-13H2,1H3. The topological polar surface area (TPSA) is 57.2 Å². The van der Waals surface area contributed by atoms with E-state index in [1.165, 1.54) is 0 Å². The number of morpholine rings is 1. The smallest absolute Gasteiger partial charge is 0.254 e. The third kappa shape index (κ3) is 3.46. The summed E-state index contributed by atoms with van der Waals surface area (Å²) < 4.78 is 22.2. The van der Waals surface area contributed by atoms with Gasteiger partial charge in [0, 0.05) is 18.2 Å². The number of benzene rings is 2. The molecule has 4 rings (SSSR count). The second kappa shape index (κ2) is 7.25. The molecule has 136 valence electrons. The minimum atomic E-state index is -0.165. The number of hydrogen-bond donors (Lipinski definition) is 0. The molecule has 0 saturated carbocycles. The van der Waals surface area contributed by atoms with Gasteiger partial charge in [0.05, 0.1) is 13.2 Å². The second-order valence-corrected chi connectivity index (χ2v) is 6.38. The van der Waals surface area contributed by atoms with Crippen molar-refractivity contribution in [3.63, 3.8) is 0 Å². The van der Waals surface area contributed by atoms with Crippen molar-refractivity contribution < 1.29 is 23.7 Å². The van der Waals surface area contributed by atoms with Crippen LogP contribution in [0.2, 0.25) is 0 Å². The van der Waals surface area contributed by atoms with Crippen LogP contribution in [-0.4, -0.2) is 50.0 Å². The van der Waals surface area contributed by atoms with E-state index in [2.05, 4.69) is 0 Å². The first kappa shape index (κ1) is 16.7. The summed E-state index contributed by atoms with van der Waals surface area (Å²) in [6, 6.07) is 13.1. The zero-order chi connectivity index (χ0) is 17.9. The molecule has 2 aromatic carbocycles. The molecule has 0 N–H and O–H groups in total. The van der Waals surface area contributed by atoms with Gasteiger partial charge in [-0.05, 0) is 30.7 Å². The van der Waals surface area contributed by atoms with E-state index in [4.69, 9.17) is 18.9 Å². The van der Waals surface area contributed by atoms with Gasteiger partial charge in [0.15, 0.2) is 11.5 Å². The highest BCUT2D eigenvalue weighted by atomic mass is 16.7. The Bertz CT molecular complexity index is 807. The molecule has 6 nitrogen and oxygen atoms in total. The van der Waals surface area contributed by atoms with Gasteiger partial charge in [0.1, 0.15) is 18.5 Å². The van der Waals surface area contributed by atoms with Crippen molar-refractivity contribution in [2.24, 2.45) is 0 Å². The second-order valence-electron chi connectivity index (χ2n) is 6.38. The van der Waals surface area contributed by atoms with E-state index in [1.807, 2.05) is 48.2 Å². The predicted octanol–water partition coefficient (Wildman–Crippen LogP) is 2.64. The van der Waals surface area contributed by atoms with Gasteiger partial charge >= 0.3 is 0 Å². The summed E-state index contributed by atoms with van der Waals surface area (Å²) in [5.41, 5.74) is 1.72. The third-order valence-electron chi connectivity index (χ3n) is 4.58. The first-order valence-corrected chi connectivity index (χ1v) is 8.69. The van der Waals surface area contributed by atoms with Crippen molar-refractivity contribution in [2.45, 2.75) is 13.0 Å². The van der Waals surface area contributed by atoms with E-state index in [0.717, 1.165) is 16.9 Å². The van der Waals surface area contributed by atoms with Gasteiger partial charge in [0.2, 0.25) is 6.79 Å². The number of nitrogens with zero attached hydrogens (tertiary/aromatic N) is 1. The largest absolute Gasteiger partial charge is 0.491 e. The lowest BCUT2D eigenvalue weighted by atomic mass is 10.1. The molecule has 0 spiro atoms. The van der Waals surface area contributed by atoms with Crippen LogP contribution in [0.1, 0.15) is 15.9 Å². The molecule has 1 fully saturated rings. The molecular weight excluding hydrogens is 334 g/mol. The molecule has 1 atom stereocenters. The van der Waals surface area contributed by atoms with E-state index in [0.29, 0.717) is 37.8 Å². The van der Waals surface area contributed by atoms with Gasteiger partial charge in [-0.1, -0.05) is 18.2 Å². The van der Waals surface area contributed by atoms with E-state index >= 15 is 0 Å². The molecular formula is C20H21NO5. The van der Waals surface area contributed by atoms with Gasteiger partial charge in [-0.25, -0.2) is 0 Å². The lowest BCUT2D eigenvalue weighted by molar-refractivity contribution is -0.0401. The molecule has 26 heavy (non-hydrogen) atoms. The number of hydrogen-bond acceptors (Lipinski definition) is 5. The summed E-state index contributed by atoms with van der Waals surface area (Å²) in [5.74, 6) is 2.14. The Labute approximate surface area is 152 Å². The van der Waals surface area contributed by atoms with Crippen LogP contribution in [0.3, 0.4) is 0 Å². The SMILES string of the molecule is Cc1ccccc1C(=O)N1CCOC(COc2ccc3c(c2)OCO3)C1. The normalized spacial score (nSPS) is 18.7. The molecule has 1 unspecified atom stereocenters. The first-order valence-electron chi connectivity index (χ1n) is 8.69. The van der Waals surface area contributed by atoms with Crippen LogP contribution in [0, 0.1) is 6.92 Å². The zero-order valence-electron chi connectivity index (χ0n) is 14.6. The Balaban J connectivity index is 1.36. The van der Waals surface area contributed by atoms with Crippen LogP contribution >= 0.6 is 0 Å². The van der Waals surface area contributed by atoms with Gasteiger partial charge < -0.3 is 23.8 Å². The minimum Gasteiger partial charge on any atom is -0.491 e. The number of amides is 1. The number of carbonyl (C=O) groups excluding carboxylic acids is 1. The average molecular weight is 355 g/mol. The Hall–Kier alpha value is -2.73. The highest BCUT2D eigenvalue weighted by molar-refractivity contribution is 5.95. The predicted molar refractivity (Wildman–Crippen MR) is 94.9 cm³/mol. The molecule has 6 heteroatoms. The summed E-state index contributed by atoms with van der Waals surface area (Å²) in [4.78, 5) is 14.6. The maximum atomic E-state index is 12.8. The minimum absolute atomic E-state index is 0.0412. The summed E-state index contributed by atoms with van der Waals surface area (Å²) in [7, 11) is 0. The molecule has 0 bridgehead atoms. The Morgan fingerprint density at radius 3 is 2.92 bits per heavy atom.